The lowest BCUT2D eigenvalue weighted by molar-refractivity contribution is -0.161. The average molecular weight is 1950 g/mol. The van der Waals surface area contributed by atoms with Gasteiger partial charge in [0.15, 0.2) is 6.10 Å². The highest BCUT2D eigenvalue weighted by molar-refractivity contribution is 7.47. The minimum Gasteiger partial charge on any atom is -0.463 e. The first kappa shape index (κ1) is 131. The quantitative estimate of drug-likeness (QED) is 0.0146. The number of aliphatic hydroxyl groups excluding tert-OH is 2. The van der Waals surface area contributed by atoms with E-state index < -0.39 is 91.5 Å². The monoisotopic (exact) mass is 1950 g/mol. The molecule has 0 aromatic heterocycles. The smallest absolute Gasteiger partial charge is 0.463 e. The van der Waals surface area contributed by atoms with Crippen LogP contribution in [0, 0.1) is 0 Å². The second-order valence-corrected chi connectivity index (χ2v) is 39.6. The number of allylic oxidation sites excluding steroid dienone is 34. The highest BCUT2D eigenvalue weighted by Crippen LogP contribution is 2.45. The van der Waals surface area contributed by atoms with E-state index >= 15 is 0 Å². The Kier molecular flexibility index (Phi) is 104. The molecule has 16 nitrogen and oxygen atoms in total. The van der Waals surface area contributed by atoms with E-state index in [4.69, 9.17) is 32.3 Å². The van der Waals surface area contributed by atoms with Crippen LogP contribution >= 0.6 is 15.6 Å². The second kappa shape index (κ2) is 109. The number of esters is 3. The second-order valence-electron chi connectivity index (χ2n) is 36.7. The van der Waals surface area contributed by atoms with Crippen molar-refractivity contribution in [2.75, 3.05) is 39.6 Å². The Bertz CT molecular complexity index is 3330. The maximum absolute atomic E-state index is 13.2. The number of phosphoric acid groups is 2. The van der Waals surface area contributed by atoms with E-state index in [1.807, 2.05) is 0 Å². The lowest BCUT2D eigenvalue weighted by atomic mass is 10.0. The molecule has 0 bridgehead atoms. The molecule has 0 radical (unpaired) electrons. The number of hydrogen-bond acceptors (Lipinski definition) is 14. The van der Waals surface area contributed by atoms with Gasteiger partial charge < -0.3 is 34.2 Å². The molecule has 0 heterocycles. The first-order valence-corrected chi connectivity index (χ1v) is 58.4. The summed E-state index contributed by atoms with van der Waals surface area (Å²) in [6.07, 6.45) is 149. The molecular formula is C119H202O16P2. The van der Waals surface area contributed by atoms with Gasteiger partial charge in [0.1, 0.15) is 25.4 Å². The van der Waals surface area contributed by atoms with Crippen molar-refractivity contribution < 1.29 is 75.8 Å². The van der Waals surface area contributed by atoms with Gasteiger partial charge in [-0.05, 0) is 167 Å². The Balaban J connectivity index is 4.61. The standard InChI is InChI=1S/C119H202O16P2/c1-4-7-10-13-16-19-22-25-28-31-34-37-40-43-46-49-52-54-56-58-61-63-66-69-72-75-78-81-84-87-90-93-96-99-102-105-117(122)129-108-114(120)109-131-136(125,126)132-110-115(121)111-133-137(127,128)134-113-116(135-119(124)107-104-101-98-95-92-89-86-83-80-77-74-71-68-65-60-51-48-45-42-39-36-33-30-27-24-21-18-15-12-9-6-3)112-130-118(123)106-103-100-97-94-91-88-85-82-79-76-73-70-67-64-62-59-57-55-53-50-47-44-41-38-35-32-29-26-23-20-17-14-11-8-5-2/h7-12,16-21,25-30,34-39,43-48,52,54,60,65,114-116,120-121H,4-6,13-15,22-24,31-33,40-42,49-51,53,55-59,61-64,66-113H2,1-3H3,(H,125,126)(H,127,128)/b10-7-,11-8-,12-9-,19-16-,20-17-,21-18-,28-25-,29-26-,30-27-,37-34-,38-35-,39-36-,46-43-,47-44-,48-45-,54-52-,65-60-. The Morgan fingerprint density at radius 2 is 0.365 bits per heavy atom. The normalized spacial score (nSPS) is 14.4. The maximum atomic E-state index is 13.2. The van der Waals surface area contributed by atoms with Crippen LogP contribution in [0.2, 0.25) is 0 Å². The van der Waals surface area contributed by atoms with E-state index in [2.05, 4.69) is 227 Å². The first-order valence-electron chi connectivity index (χ1n) is 55.4. The molecule has 5 atom stereocenters. The zero-order chi connectivity index (χ0) is 99.2. The van der Waals surface area contributed by atoms with Gasteiger partial charge in [0.25, 0.3) is 0 Å². The summed E-state index contributed by atoms with van der Waals surface area (Å²) in [7, 11) is -9.83. The summed E-state index contributed by atoms with van der Waals surface area (Å²) < 4.78 is 61.8. The van der Waals surface area contributed by atoms with Crippen LogP contribution < -0.4 is 0 Å². The molecule has 5 unspecified atom stereocenters. The molecule has 0 aliphatic heterocycles. The molecule has 0 amide bonds. The predicted octanol–water partition coefficient (Wildman–Crippen LogP) is 35.8. The number of aliphatic hydroxyl groups is 2. The molecule has 0 aromatic carbocycles. The number of phosphoric ester groups is 2. The van der Waals surface area contributed by atoms with Crippen molar-refractivity contribution in [2.45, 2.75) is 489 Å². The van der Waals surface area contributed by atoms with Gasteiger partial charge in [0.05, 0.1) is 26.4 Å². The van der Waals surface area contributed by atoms with Crippen LogP contribution in [0.5, 0.6) is 0 Å². The van der Waals surface area contributed by atoms with Crippen LogP contribution in [-0.4, -0.2) is 95.9 Å². The Labute approximate surface area is 839 Å². The third-order valence-corrected chi connectivity index (χ3v) is 25.4. The fraction of sp³-hybridized carbons (Fsp3) is 0.689. The van der Waals surface area contributed by atoms with E-state index in [0.717, 1.165) is 180 Å². The minimum absolute atomic E-state index is 0.0985. The van der Waals surface area contributed by atoms with E-state index in [1.54, 1.807) is 0 Å². The van der Waals surface area contributed by atoms with Gasteiger partial charge in [0.2, 0.25) is 0 Å². The summed E-state index contributed by atoms with van der Waals surface area (Å²) in [5, 5.41) is 20.8. The van der Waals surface area contributed by atoms with Gasteiger partial charge in [-0.2, -0.15) is 0 Å². The van der Waals surface area contributed by atoms with Gasteiger partial charge >= 0.3 is 33.6 Å². The number of carbonyl (C=O) groups is 3. The summed E-state index contributed by atoms with van der Waals surface area (Å²) in [5.41, 5.74) is 0. The summed E-state index contributed by atoms with van der Waals surface area (Å²) >= 11 is 0. The molecule has 18 heteroatoms. The zero-order valence-electron chi connectivity index (χ0n) is 87.2. The van der Waals surface area contributed by atoms with Crippen molar-refractivity contribution in [1.29, 1.82) is 0 Å². The molecule has 0 aliphatic rings. The number of carbonyl (C=O) groups excluding carboxylic acids is 3. The van der Waals surface area contributed by atoms with Crippen LogP contribution in [0.1, 0.15) is 470 Å². The Hall–Kier alpha value is -5.87. The van der Waals surface area contributed by atoms with Crippen LogP contribution in [0.4, 0.5) is 0 Å². The van der Waals surface area contributed by atoms with Crippen LogP contribution in [0.3, 0.4) is 0 Å². The fourth-order valence-electron chi connectivity index (χ4n) is 15.3. The SMILES string of the molecule is CC/C=C\C/C=C\C/C=C\C/C=C\C/C=C\C/C=C\CCCCCCCCCCCCCCCCCCC(=O)OCC(O)COP(=O)(O)OCC(O)COP(=O)(O)OCC(COC(=O)CCCCCCCCCCCCCCCCCCCCC/C=C\C/C=C\C/C=C\C/C=C\C/C=C\CC)OC(=O)CCCCCCCCCCCCCC/C=C\C/C=C\C/C=C\C/C=C\C/C=C\C/C=C\CC. The Morgan fingerprint density at radius 3 is 0.577 bits per heavy atom. The van der Waals surface area contributed by atoms with Crippen molar-refractivity contribution in [3.05, 3.63) is 207 Å². The molecule has 0 rings (SSSR count). The molecular weight excluding hydrogens is 1750 g/mol. The van der Waals surface area contributed by atoms with E-state index in [1.165, 1.54) is 231 Å². The average Bonchev–Trinajstić information content (AvgIpc) is 0.898. The molecule has 0 saturated heterocycles. The predicted molar refractivity (Wildman–Crippen MR) is 583 cm³/mol. The fourth-order valence-corrected chi connectivity index (χ4v) is 16.8. The van der Waals surface area contributed by atoms with Crippen molar-refractivity contribution in [3.8, 4) is 0 Å². The van der Waals surface area contributed by atoms with Crippen LogP contribution in [0.25, 0.3) is 0 Å². The molecule has 137 heavy (non-hydrogen) atoms. The summed E-state index contributed by atoms with van der Waals surface area (Å²) in [6.45, 7) is 2.42. The van der Waals surface area contributed by atoms with Gasteiger partial charge in [-0.15, -0.1) is 0 Å². The van der Waals surface area contributed by atoms with Gasteiger partial charge in [-0.3, -0.25) is 32.5 Å². The highest BCUT2D eigenvalue weighted by Gasteiger charge is 2.30. The van der Waals surface area contributed by atoms with Crippen molar-refractivity contribution in [1.82, 2.24) is 0 Å². The first-order chi connectivity index (χ1) is 67.2. The molecule has 784 valence electrons. The lowest BCUT2D eigenvalue weighted by Crippen LogP contribution is -2.30. The largest absolute Gasteiger partial charge is 0.472 e. The highest BCUT2D eigenvalue weighted by atomic mass is 31.2. The summed E-state index contributed by atoms with van der Waals surface area (Å²) in [4.78, 5) is 59.4. The molecule has 0 spiro atoms. The summed E-state index contributed by atoms with van der Waals surface area (Å²) in [5.74, 6) is -1.56. The Morgan fingerprint density at radius 1 is 0.204 bits per heavy atom. The van der Waals surface area contributed by atoms with Crippen LogP contribution in [0.15, 0.2) is 207 Å². The van der Waals surface area contributed by atoms with Gasteiger partial charge in [0, 0.05) is 19.3 Å². The van der Waals surface area contributed by atoms with E-state index in [9.17, 15) is 43.5 Å². The zero-order valence-corrected chi connectivity index (χ0v) is 89.0. The lowest BCUT2D eigenvalue weighted by Gasteiger charge is -2.21. The maximum Gasteiger partial charge on any atom is 0.472 e. The molecule has 0 fully saturated rings. The number of rotatable bonds is 104. The molecule has 0 saturated carbocycles. The number of unbranched alkanes of at least 4 members (excludes halogenated alkanes) is 47. The van der Waals surface area contributed by atoms with Gasteiger partial charge in [-0.25, -0.2) is 9.13 Å². The molecule has 0 aliphatic carbocycles. The third kappa shape index (κ3) is 110. The van der Waals surface area contributed by atoms with E-state index in [0.29, 0.717) is 19.3 Å². The van der Waals surface area contributed by atoms with Crippen molar-refractivity contribution in [3.63, 3.8) is 0 Å². The molecule has 4 N–H and O–H groups in total. The molecule has 0 aromatic rings. The third-order valence-electron chi connectivity index (χ3n) is 23.5. The minimum atomic E-state index is -4.95. The van der Waals surface area contributed by atoms with Crippen LogP contribution in [-0.2, 0) is 55.8 Å². The van der Waals surface area contributed by atoms with Crippen molar-refractivity contribution in [2.24, 2.45) is 0 Å². The van der Waals surface area contributed by atoms with Gasteiger partial charge in [-0.1, -0.05) is 491 Å². The van der Waals surface area contributed by atoms with E-state index in [-0.39, 0.29) is 19.3 Å². The summed E-state index contributed by atoms with van der Waals surface area (Å²) in [6, 6.07) is 0. The number of ether oxygens (including phenoxy) is 3. The van der Waals surface area contributed by atoms with Crippen molar-refractivity contribution >= 4 is 33.6 Å². The number of hydrogen-bond donors (Lipinski definition) is 4. The topological polar surface area (TPSA) is 231 Å².